The van der Waals surface area contributed by atoms with Crippen LogP contribution < -0.4 is 5.32 Å². The summed E-state index contributed by atoms with van der Waals surface area (Å²) in [7, 11) is -2.40. The molecule has 0 aliphatic carbocycles. The molecule has 2 aliphatic heterocycles. The summed E-state index contributed by atoms with van der Waals surface area (Å²) >= 11 is 0. The van der Waals surface area contributed by atoms with Gasteiger partial charge in [0.15, 0.2) is 0 Å². The number of ether oxygens (including phenoxy) is 2. The zero-order valence-electron chi connectivity index (χ0n) is 19.9. The highest BCUT2D eigenvalue weighted by Crippen LogP contribution is 2.21. The first-order valence-electron chi connectivity index (χ1n) is 11.5. The monoisotopic (exact) mass is 495 g/mol. The van der Waals surface area contributed by atoms with Gasteiger partial charge in [0.05, 0.1) is 31.1 Å². The highest BCUT2D eigenvalue weighted by molar-refractivity contribution is 7.89. The van der Waals surface area contributed by atoms with E-state index < -0.39 is 22.0 Å². The Morgan fingerprint density at radius 2 is 1.74 bits per heavy atom. The summed E-state index contributed by atoms with van der Waals surface area (Å²) < 4.78 is 37.3. The van der Waals surface area contributed by atoms with Crippen LogP contribution in [0.3, 0.4) is 0 Å². The Balaban J connectivity index is 1.70. The van der Waals surface area contributed by atoms with Crippen LogP contribution in [0.4, 0.5) is 0 Å². The van der Waals surface area contributed by atoms with Gasteiger partial charge >= 0.3 is 5.97 Å². The number of likely N-dealkylation sites (tertiary alicyclic amines) is 1. The SMILES string of the molecule is COC(=O)C1CCN(C(=O)[C@@H](NC(=O)c2cccc(S(=O)(=O)N3CCOCC3)c2)C(C)C)CC1. The second kappa shape index (κ2) is 11.3. The van der Waals surface area contributed by atoms with Crippen molar-refractivity contribution in [2.24, 2.45) is 11.8 Å². The number of nitrogens with zero attached hydrogens (tertiary/aromatic N) is 2. The van der Waals surface area contributed by atoms with Crippen LogP contribution in [0.5, 0.6) is 0 Å². The maximum absolute atomic E-state index is 13.2. The summed E-state index contributed by atoms with van der Waals surface area (Å²) in [6.45, 7) is 5.66. The summed E-state index contributed by atoms with van der Waals surface area (Å²) in [5, 5.41) is 2.78. The standard InChI is InChI=1S/C23H33N3O7S/c1-16(2)20(22(28)25-9-7-17(8-10-25)23(29)32-3)24-21(27)18-5-4-6-19(15-18)34(30,31)26-11-13-33-14-12-26/h4-6,15-17,20H,7-14H2,1-3H3,(H,24,27)/t20-/m0/s1. The number of sulfonamides is 1. The van der Waals surface area contributed by atoms with Gasteiger partial charge in [-0.15, -0.1) is 0 Å². The fourth-order valence-corrected chi connectivity index (χ4v) is 5.63. The lowest BCUT2D eigenvalue weighted by Gasteiger charge is -2.34. The van der Waals surface area contributed by atoms with Gasteiger partial charge in [-0.2, -0.15) is 4.31 Å². The number of morpholine rings is 1. The van der Waals surface area contributed by atoms with Crippen LogP contribution in [-0.2, 0) is 29.1 Å². The summed E-state index contributed by atoms with van der Waals surface area (Å²) in [4.78, 5) is 39.6. The largest absolute Gasteiger partial charge is 0.469 e. The molecule has 2 aliphatic rings. The van der Waals surface area contributed by atoms with E-state index in [0.717, 1.165) is 0 Å². The average Bonchev–Trinajstić information content (AvgIpc) is 2.86. The molecule has 10 nitrogen and oxygen atoms in total. The summed E-state index contributed by atoms with van der Waals surface area (Å²) in [6.07, 6.45) is 1.03. The highest BCUT2D eigenvalue weighted by atomic mass is 32.2. The van der Waals surface area contributed by atoms with Crippen LogP contribution in [0.1, 0.15) is 37.0 Å². The first-order chi connectivity index (χ1) is 16.1. The topological polar surface area (TPSA) is 122 Å². The lowest BCUT2D eigenvalue weighted by molar-refractivity contribution is -0.149. The number of esters is 1. The Labute approximate surface area is 200 Å². The molecule has 2 saturated heterocycles. The van der Waals surface area contributed by atoms with Crippen LogP contribution in [0.25, 0.3) is 0 Å². The number of carbonyl (C=O) groups is 3. The van der Waals surface area contributed by atoms with E-state index in [1.807, 2.05) is 13.8 Å². The smallest absolute Gasteiger partial charge is 0.308 e. The predicted molar refractivity (Wildman–Crippen MR) is 123 cm³/mol. The summed E-state index contributed by atoms with van der Waals surface area (Å²) in [5.41, 5.74) is 0.164. The predicted octanol–water partition coefficient (Wildman–Crippen LogP) is 0.874. The van der Waals surface area contributed by atoms with Crippen LogP contribution in [-0.4, -0.2) is 88.0 Å². The molecule has 1 aromatic carbocycles. The minimum absolute atomic E-state index is 0.0272. The van der Waals surface area contributed by atoms with Gasteiger partial charge in [-0.1, -0.05) is 19.9 Å². The van der Waals surface area contributed by atoms with E-state index >= 15 is 0 Å². The van der Waals surface area contributed by atoms with E-state index in [2.05, 4.69) is 5.32 Å². The van der Waals surface area contributed by atoms with Gasteiger partial charge < -0.3 is 19.7 Å². The van der Waals surface area contributed by atoms with E-state index in [1.165, 1.54) is 35.7 Å². The van der Waals surface area contributed by atoms with E-state index in [9.17, 15) is 22.8 Å². The molecule has 3 rings (SSSR count). The molecule has 1 atom stereocenters. The number of hydrogen-bond acceptors (Lipinski definition) is 7. The number of carbonyl (C=O) groups excluding carboxylic acids is 3. The zero-order chi connectivity index (χ0) is 24.9. The van der Waals surface area contributed by atoms with Crippen LogP contribution in [0.15, 0.2) is 29.2 Å². The van der Waals surface area contributed by atoms with Crippen LogP contribution in [0.2, 0.25) is 0 Å². The van der Waals surface area contributed by atoms with Crippen molar-refractivity contribution in [1.82, 2.24) is 14.5 Å². The summed E-state index contributed by atoms with van der Waals surface area (Å²) in [5.74, 6) is -1.42. The maximum Gasteiger partial charge on any atom is 0.308 e. The third-order valence-electron chi connectivity index (χ3n) is 6.26. The molecule has 34 heavy (non-hydrogen) atoms. The molecule has 11 heteroatoms. The molecule has 0 saturated carbocycles. The molecule has 2 fully saturated rings. The molecule has 0 bridgehead atoms. The number of nitrogens with one attached hydrogen (secondary N) is 1. The number of benzene rings is 1. The number of piperidine rings is 1. The van der Waals surface area contributed by atoms with Crippen LogP contribution >= 0.6 is 0 Å². The Bertz CT molecular complexity index is 998. The Kier molecular flexibility index (Phi) is 8.67. The number of rotatable bonds is 7. The average molecular weight is 496 g/mol. The molecule has 0 radical (unpaired) electrons. The third kappa shape index (κ3) is 5.94. The Morgan fingerprint density at radius 3 is 2.32 bits per heavy atom. The molecule has 2 amide bonds. The van der Waals surface area contributed by atoms with Gasteiger partial charge in [-0.05, 0) is 37.0 Å². The van der Waals surface area contributed by atoms with E-state index in [-0.39, 0.29) is 47.3 Å². The molecule has 188 valence electrons. The zero-order valence-corrected chi connectivity index (χ0v) is 20.7. The van der Waals surface area contributed by atoms with Crippen molar-refractivity contribution >= 4 is 27.8 Å². The molecule has 0 spiro atoms. The lowest BCUT2D eigenvalue weighted by atomic mass is 9.95. The van der Waals surface area contributed by atoms with Gasteiger partial charge in [-0.25, -0.2) is 8.42 Å². The number of amides is 2. The first-order valence-corrected chi connectivity index (χ1v) is 12.9. The fraction of sp³-hybridized carbons (Fsp3) is 0.609. The molecule has 2 heterocycles. The second-order valence-corrected chi connectivity index (χ2v) is 10.8. The van der Waals surface area contributed by atoms with Crippen molar-refractivity contribution in [2.45, 2.75) is 37.6 Å². The minimum Gasteiger partial charge on any atom is -0.469 e. The van der Waals surface area contributed by atoms with Crippen molar-refractivity contribution < 1.29 is 32.3 Å². The lowest BCUT2D eigenvalue weighted by Crippen LogP contribution is -2.53. The van der Waals surface area contributed by atoms with Gasteiger partial charge in [0.25, 0.3) is 5.91 Å². The van der Waals surface area contributed by atoms with E-state index in [0.29, 0.717) is 39.1 Å². The quantitative estimate of drug-likeness (QED) is 0.557. The van der Waals surface area contributed by atoms with E-state index in [1.54, 1.807) is 4.90 Å². The Hall–Kier alpha value is -2.50. The molecular weight excluding hydrogens is 462 g/mol. The van der Waals surface area contributed by atoms with Gasteiger partial charge in [0.2, 0.25) is 15.9 Å². The van der Waals surface area contributed by atoms with Crippen molar-refractivity contribution in [3.05, 3.63) is 29.8 Å². The second-order valence-electron chi connectivity index (χ2n) is 8.86. The van der Waals surface area contributed by atoms with Crippen molar-refractivity contribution in [3.8, 4) is 0 Å². The molecule has 0 aromatic heterocycles. The fourth-order valence-electron chi connectivity index (χ4n) is 4.17. The molecule has 0 unspecified atom stereocenters. The number of methoxy groups -OCH3 is 1. The molecule has 1 aromatic rings. The van der Waals surface area contributed by atoms with Gasteiger partial charge in [0, 0.05) is 31.7 Å². The normalized spacial score (nSPS) is 19.0. The van der Waals surface area contributed by atoms with Crippen molar-refractivity contribution in [2.75, 3.05) is 46.5 Å². The Morgan fingerprint density at radius 1 is 1.09 bits per heavy atom. The van der Waals surface area contributed by atoms with Gasteiger partial charge in [-0.3, -0.25) is 14.4 Å². The first kappa shape index (κ1) is 26.1. The van der Waals surface area contributed by atoms with Crippen LogP contribution in [0, 0.1) is 11.8 Å². The van der Waals surface area contributed by atoms with Crippen molar-refractivity contribution in [3.63, 3.8) is 0 Å². The van der Waals surface area contributed by atoms with Crippen molar-refractivity contribution in [1.29, 1.82) is 0 Å². The highest BCUT2D eigenvalue weighted by Gasteiger charge is 2.34. The molecular formula is C23H33N3O7S. The maximum atomic E-state index is 13.2. The molecule has 1 N–H and O–H groups in total. The minimum atomic E-state index is -3.75. The number of hydrogen-bond donors (Lipinski definition) is 1. The summed E-state index contributed by atoms with van der Waals surface area (Å²) in [6, 6.07) is 5.06. The third-order valence-corrected chi connectivity index (χ3v) is 8.16. The van der Waals surface area contributed by atoms with E-state index in [4.69, 9.17) is 9.47 Å². The van der Waals surface area contributed by atoms with Gasteiger partial charge in [0.1, 0.15) is 6.04 Å².